The van der Waals surface area contributed by atoms with Gasteiger partial charge in [-0.1, -0.05) is 36.4 Å². The number of hydrogen-bond acceptors (Lipinski definition) is 6. The van der Waals surface area contributed by atoms with Crippen LogP contribution in [0.25, 0.3) is 0 Å². The van der Waals surface area contributed by atoms with Crippen LogP contribution in [0.5, 0.6) is 0 Å². The summed E-state index contributed by atoms with van der Waals surface area (Å²) in [5.74, 6) is -1.57. The van der Waals surface area contributed by atoms with Crippen LogP contribution in [0.1, 0.15) is 27.6 Å². The number of rotatable bonds is 6. The van der Waals surface area contributed by atoms with Gasteiger partial charge in [0.15, 0.2) is 12.4 Å². The van der Waals surface area contributed by atoms with Crippen molar-refractivity contribution in [2.45, 2.75) is 13.0 Å². The van der Waals surface area contributed by atoms with E-state index in [1.165, 1.54) is 24.3 Å². The lowest BCUT2D eigenvalue weighted by Gasteiger charge is -2.18. The number of ether oxygens (including phenoxy) is 1. The van der Waals surface area contributed by atoms with E-state index in [4.69, 9.17) is 4.74 Å². The third kappa shape index (κ3) is 4.76. The molecule has 1 heterocycles. The number of esters is 1. The van der Waals surface area contributed by atoms with Gasteiger partial charge in [0.2, 0.25) is 6.10 Å². The number of benzene rings is 2. The molecular formula is C21H17N3O6. The molecule has 2 aromatic carbocycles. The molecule has 0 saturated carbocycles. The molecule has 1 amide bonds. The maximum atomic E-state index is 12.9. The third-order valence-electron chi connectivity index (χ3n) is 4.21. The van der Waals surface area contributed by atoms with E-state index in [1.807, 2.05) is 0 Å². The molecule has 30 heavy (non-hydrogen) atoms. The van der Waals surface area contributed by atoms with Gasteiger partial charge in [0.05, 0.1) is 10.5 Å². The number of nitrogens with zero attached hydrogens (tertiary/aromatic N) is 2. The molecule has 9 nitrogen and oxygen atoms in total. The van der Waals surface area contributed by atoms with Crippen molar-refractivity contribution >= 4 is 23.3 Å². The van der Waals surface area contributed by atoms with Crippen molar-refractivity contribution in [2.75, 3.05) is 5.32 Å². The van der Waals surface area contributed by atoms with E-state index < -0.39 is 22.9 Å². The van der Waals surface area contributed by atoms with Gasteiger partial charge in [-0.2, -0.15) is 4.73 Å². The number of amides is 1. The van der Waals surface area contributed by atoms with E-state index in [9.17, 15) is 24.9 Å². The summed E-state index contributed by atoms with van der Waals surface area (Å²) < 4.78 is 5.90. The molecule has 152 valence electrons. The largest absolute Gasteiger partial charge is 0.619 e. The first-order chi connectivity index (χ1) is 14.3. The normalized spacial score (nSPS) is 11.4. The lowest BCUT2D eigenvalue weighted by Crippen LogP contribution is -2.27. The summed E-state index contributed by atoms with van der Waals surface area (Å²) in [4.78, 5) is 36.1. The molecule has 1 atom stereocenters. The number of anilines is 1. The van der Waals surface area contributed by atoms with Crippen molar-refractivity contribution in [3.05, 3.63) is 105 Å². The number of carbonyl (C=O) groups is 2. The third-order valence-corrected chi connectivity index (χ3v) is 4.21. The highest BCUT2D eigenvalue weighted by molar-refractivity contribution is 5.99. The molecular weight excluding hydrogens is 390 g/mol. The van der Waals surface area contributed by atoms with E-state index in [2.05, 4.69) is 5.32 Å². The van der Waals surface area contributed by atoms with Crippen molar-refractivity contribution in [2.24, 2.45) is 0 Å². The van der Waals surface area contributed by atoms with Crippen molar-refractivity contribution in [3.63, 3.8) is 0 Å². The van der Waals surface area contributed by atoms with Crippen molar-refractivity contribution in [1.82, 2.24) is 0 Å². The fourth-order valence-corrected chi connectivity index (χ4v) is 2.72. The Hall–Kier alpha value is -4.27. The van der Waals surface area contributed by atoms with Crippen LogP contribution in [0, 0.1) is 22.2 Å². The minimum atomic E-state index is -1.36. The molecule has 0 fully saturated rings. The Bertz CT molecular complexity index is 1080. The summed E-state index contributed by atoms with van der Waals surface area (Å²) in [6.45, 7) is 1.69. The second-order valence-electron chi connectivity index (χ2n) is 6.41. The maximum absolute atomic E-state index is 12.9. The average molecular weight is 407 g/mol. The fraction of sp³-hybridized carbons (Fsp3) is 0.0952. The number of aromatic nitrogens is 1. The van der Waals surface area contributed by atoms with Crippen LogP contribution in [-0.4, -0.2) is 16.8 Å². The number of carbonyl (C=O) groups excluding carboxylic acids is 2. The zero-order chi connectivity index (χ0) is 21.7. The van der Waals surface area contributed by atoms with Crippen molar-refractivity contribution in [1.29, 1.82) is 0 Å². The van der Waals surface area contributed by atoms with Crippen LogP contribution in [-0.2, 0) is 9.53 Å². The molecule has 0 aliphatic heterocycles. The van der Waals surface area contributed by atoms with Gasteiger partial charge in [-0.05, 0) is 18.6 Å². The number of nitrogens with one attached hydrogen (secondary N) is 1. The second-order valence-corrected chi connectivity index (χ2v) is 6.41. The van der Waals surface area contributed by atoms with E-state index in [1.54, 1.807) is 43.3 Å². The number of aryl methyl sites for hydroxylation is 1. The zero-order valence-corrected chi connectivity index (χ0v) is 15.8. The number of pyridine rings is 1. The molecule has 0 spiro atoms. The van der Waals surface area contributed by atoms with Gasteiger partial charge in [0, 0.05) is 23.8 Å². The van der Waals surface area contributed by atoms with Crippen LogP contribution < -0.4 is 10.0 Å². The summed E-state index contributed by atoms with van der Waals surface area (Å²) in [6.07, 6.45) is 0.896. The van der Waals surface area contributed by atoms with Crippen molar-refractivity contribution < 1.29 is 24.0 Å². The molecule has 3 rings (SSSR count). The van der Waals surface area contributed by atoms with E-state index in [0.29, 0.717) is 15.9 Å². The lowest BCUT2D eigenvalue weighted by atomic mass is 10.1. The monoisotopic (exact) mass is 407 g/mol. The Morgan fingerprint density at radius 2 is 1.73 bits per heavy atom. The van der Waals surface area contributed by atoms with Gasteiger partial charge < -0.3 is 15.3 Å². The highest BCUT2D eigenvalue weighted by atomic mass is 16.6. The first-order valence-electron chi connectivity index (χ1n) is 8.86. The Balaban J connectivity index is 1.89. The fourth-order valence-electron chi connectivity index (χ4n) is 2.72. The van der Waals surface area contributed by atoms with Crippen LogP contribution in [0.15, 0.2) is 73.1 Å². The first kappa shape index (κ1) is 20.5. The quantitative estimate of drug-likeness (QED) is 0.220. The van der Waals surface area contributed by atoms with Gasteiger partial charge in [-0.25, -0.2) is 4.79 Å². The zero-order valence-electron chi connectivity index (χ0n) is 15.8. The Morgan fingerprint density at radius 3 is 2.37 bits per heavy atom. The van der Waals surface area contributed by atoms with E-state index in [-0.39, 0.29) is 16.9 Å². The van der Waals surface area contributed by atoms with Gasteiger partial charge >= 0.3 is 5.97 Å². The second kappa shape index (κ2) is 8.82. The van der Waals surface area contributed by atoms with Crippen LogP contribution in [0.2, 0.25) is 0 Å². The molecule has 0 saturated heterocycles. The minimum absolute atomic E-state index is 0.0142. The van der Waals surface area contributed by atoms with Gasteiger partial charge in [-0.3, -0.25) is 14.9 Å². The summed E-state index contributed by atoms with van der Waals surface area (Å²) >= 11 is 0. The standard InChI is InChI=1S/C21H17N3O6/c1-14-7-8-17(18(13-14)24(28)29)22-20(25)19(15-5-3-2-4-6-15)30-21(26)16-9-11-23(27)12-10-16/h2-13,19H,1H3,(H,22,25)/t19-/m1/s1. The highest BCUT2D eigenvalue weighted by Crippen LogP contribution is 2.28. The predicted molar refractivity (Wildman–Crippen MR) is 106 cm³/mol. The van der Waals surface area contributed by atoms with Gasteiger partial charge in [0.25, 0.3) is 11.6 Å². The predicted octanol–water partition coefficient (Wildman–Crippen LogP) is 3.07. The molecule has 1 N–H and O–H groups in total. The summed E-state index contributed by atoms with van der Waals surface area (Å²) in [7, 11) is 0. The van der Waals surface area contributed by atoms with Gasteiger partial charge in [-0.15, -0.1) is 0 Å². The summed E-state index contributed by atoms with van der Waals surface area (Å²) in [5.41, 5.74) is 0.833. The molecule has 3 aromatic rings. The number of hydrogen-bond donors (Lipinski definition) is 1. The maximum Gasteiger partial charge on any atom is 0.339 e. The van der Waals surface area contributed by atoms with Crippen LogP contribution in [0.3, 0.4) is 0 Å². The lowest BCUT2D eigenvalue weighted by molar-refractivity contribution is -0.605. The number of nitro benzene ring substituents is 1. The Kier molecular flexibility index (Phi) is 6.02. The van der Waals surface area contributed by atoms with E-state index in [0.717, 1.165) is 12.4 Å². The average Bonchev–Trinajstić information content (AvgIpc) is 2.74. The smallest absolute Gasteiger partial charge is 0.339 e. The highest BCUT2D eigenvalue weighted by Gasteiger charge is 2.28. The van der Waals surface area contributed by atoms with Crippen molar-refractivity contribution in [3.8, 4) is 0 Å². The summed E-state index contributed by atoms with van der Waals surface area (Å²) in [5, 5.41) is 25.0. The van der Waals surface area contributed by atoms with E-state index >= 15 is 0 Å². The van der Waals surface area contributed by atoms with Crippen LogP contribution in [0.4, 0.5) is 11.4 Å². The topological polar surface area (TPSA) is 125 Å². The molecule has 0 aliphatic carbocycles. The summed E-state index contributed by atoms with van der Waals surface area (Å²) in [6, 6.07) is 15.2. The SMILES string of the molecule is Cc1ccc(NC(=O)[C@H](OC(=O)c2cc[n+]([O-])cc2)c2ccccc2)c([N+](=O)[O-])c1. The number of nitro groups is 1. The Morgan fingerprint density at radius 1 is 1.07 bits per heavy atom. The minimum Gasteiger partial charge on any atom is -0.619 e. The first-order valence-corrected chi connectivity index (χ1v) is 8.86. The molecule has 0 aliphatic rings. The molecule has 0 unspecified atom stereocenters. The van der Waals surface area contributed by atoms with Gasteiger partial charge in [0.1, 0.15) is 5.69 Å². The Labute approximate surface area is 171 Å². The van der Waals surface area contributed by atoms with Crippen LogP contribution >= 0.6 is 0 Å². The molecule has 1 aromatic heterocycles. The molecule has 0 radical (unpaired) electrons. The molecule has 9 heteroatoms. The molecule has 0 bridgehead atoms.